The van der Waals surface area contributed by atoms with Gasteiger partial charge in [-0.1, -0.05) is 29.8 Å². The summed E-state index contributed by atoms with van der Waals surface area (Å²) in [6, 6.07) is 10.1. The standard InChI is InChI=1S/C16H16N2O3Se.C14H12N2O3Se.C4H9Br/c1-9(2)8-21-13-6-5-11(7-12(13)17-4)15-18-10(3)14(22-15)16(19)20;1-4-19-14(18)12-8(2)16-13(20-12)9-5-6-11(17)10(7-9)15-3;1-4(2)3-5/h5-7,9H,8H2,1-3H3,(H,19,20);5-7,17H,4H2,1-2H3;4H,3H2,1-2H3. The monoisotopic (exact) mass is 836 g/mol. The molecule has 13 heteroatoms. The molecular weight excluding hydrogens is 798 g/mol. The molecule has 2 heterocycles. The van der Waals surface area contributed by atoms with Crippen molar-refractivity contribution >= 4 is 68.3 Å². The number of phenolic OH excluding ortho intramolecular Hbond substituents is 1. The van der Waals surface area contributed by atoms with Crippen molar-refractivity contribution in [2.45, 2.75) is 48.5 Å². The van der Waals surface area contributed by atoms with Crippen molar-refractivity contribution in [2.24, 2.45) is 11.8 Å². The number of carboxylic acid groups (broad SMARTS) is 1. The number of hydrogen-bond acceptors (Lipinski definition) is 7. The fraction of sp³-hybridized carbons (Fsp3) is 0.353. The summed E-state index contributed by atoms with van der Waals surface area (Å²) < 4.78 is 13.1. The van der Waals surface area contributed by atoms with E-state index in [1.54, 1.807) is 45.0 Å². The Balaban J connectivity index is 0.000000287. The van der Waals surface area contributed by atoms with E-state index in [0.717, 1.165) is 31.5 Å². The molecule has 248 valence electrons. The van der Waals surface area contributed by atoms with Gasteiger partial charge < -0.3 is 0 Å². The SMILES string of the molecule is CC(C)CBr.[C-]#[N+]c1cc(-c2nc(C)c(C(=O)O)[se]2)ccc1OCC(C)C.[C-]#[N+]c1cc(-c2nc(C)c(C(=O)OCC)[se]2)ccc1O. The second-order valence-electron chi connectivity index (χ2n) is 10.8. The molecule has 0 spiro atoms. The Morgan fingerprint density at radius 3 is 1.87 bits per heavy atom. The van der Waals surface area contributed by atoms with Crippen molar-refractivity contribution in [1.29, 1.82) is 0 Å². The van der Waals surface area contributed by atoms with E-state index in [1.165, 1.54) is 6.07 Å². The summed E-state index contributed by atoms with van der Waals surface area (Å²) in [6.07, 6.45) is 0. The Labute approximate surface area is 296 Å². The van der Waals surface area contributed by atoms with E-state index in [0.29, 0.717) is 50.8 Å². The number of rotatable bonds is 9. The van der Waals surface area contributed by atoms with E-state index in [4.69, 9.17) is 27.7 Å². The van der Waals surface area contributed by atoms with E-state index in [2.05, 4.69) is 49.4 Å². The van der Waals surface area contributed by atoms with Gasteiger partial charge in [0.2, 0.25) is 0 Å². The molecule has 0 bridgehead atoms. The summed E-state index contributed by atoms with van der Waals surface area (Å²) >= 11 is 2.73. The molecule has 47 heavy (non-hydrogen) atoms. The fourth-order valence-electron chi connectivity index (χ4n) is 3.49. The molecule has 0 fully saturated rings. The Morgan fingerprint density at radius 2 is 1.40 bits per heavy atom. The van der Waals surface area contributed by atoms with Crippen LogP contribution in [0.5, 0.6) is 11.5 Å². The Morgan fingerprint density at radius 1 is 0.894 bits per heavy atom. The van der Waals surface area contributed by atoms with Crippen molar-refractivity contribution < 1.29 is 29.3 Å². The number of esters is 1. The number of carbonyl (C=O) groups is 2. The molecule has 0 saturated heterocycles. The second kappa shape index (κ2) is 19.2. The minimum atomic E-state index is -0.918. The van der Waals surface area contributed by atoms with E-state index >= 15 is 0 Å². The molecule has 2 aromatic heterocycles. The summed E-state index contributed by atoms with van der Waals surface area (Å²) in [6.45, 7) is 28.9. The van der Waals surface area contributed by atoms with Gasteiger partial charge >= 0.3 is 257 Å². The zero-order valence-electron chi connectivity index (χ0n) is 27.3. The molecule has 2 N–H and O–H groups in total. The molecule has 2 aromatic carbocycles. The van der Waals surface area contributed by atoms with Crippen LogP contribution in [0.3, 0.4) is 0 Å². The topological polar surface area (TPSA) is 128 Å². The zero-order chi connectivity index (χ0) is 35.3. The van der Waals surface area contributed by atoms with Gasteiger partial charge in [-0.15, -0.1) is 0 Å². The minimum absolute atomic E-state index is 0.0508. The summed E-state index contributed by atoms with van der Waals surface area (Å²) in [5.74, 6) is 0.444. The first-order valence-electron chi connectivity index (χ1n) is 14.5. The van der Waals surface area contributed by atoms with Crippen LogP contribution in [0.2, 0.25) is 0 Å². The molecule has 0 amide bonds. The molecule has 4 aromatic rings. The van der Waals surface area contributed by atoms with Gasteiger partial charge in [-0.3, -0.25) is 0 Å². The maximum absolute atomic E-state index is 11.8. The van der Waals surface area contributed by atoms with E-state index in [9.17, 15) is 14.7 Å². The third kappa shape index (κ3) is 11.8. The van der Waals surface area contributed by atoms with Crippen molar-refractivity contribution in [3.8, 4) is 31.8 Å². The Bertz CT molecular complexity index is 1770. The first-order chi connectivity index (χ1) is 22.3. The van der Waals surface area contributed by atoms with Crippen LogP contribution in [0.15, 0.2) is 36.4 Å². The van der Waals surface area contributed by atoms with Gasteiger partial charge in [0, 0.05) is 5.33 Å². The normalized spacial score (nSPS) is 10.2. The van der Waals surface area contributed by atoms with Crippen molar-refractivity contribution in [2.75, 3.05) is 18.5 Å². The number of alkyl halides is 1. The molecule has 0 aliphatic rings. The quantitative estimate of drug-likeness (QED) is 0.0753. The summed E-state index contributed by atoms with van der Waals surface area (Å²) in [5, 5.41) is 19.8. The van der Waals surface area contributed by atoms with Gasteiger partial charge in [0.15, 0.2) is 0 Å². The second-order valence-corrected chi connectivity index (χ2v) is 15.6. The Kier molecular flexibility index (Phi) is 16.1. The van der Waals surface area contributed by atoms with Gasteiger partial charge in [-0.05, 0) is 5.92 Å². The molecule has 0 unspecified atom stereocenters. The number of aromatic nitrogens is 2. The number of benzene rings is 2. The molecular formula is C34H37BrN4O6Se2. The molecule has 0 atom stereocenters. The third-order valence-corrected chi connectivity index (χ3v) is 12.1. The third-order valence-electron chi connectivity index (χ3n) is 5.80. The van der Waals surface area contributed by atoms with E-state index in [-0.39, 0.29) is 46.4 Å². The van der Waals surface area contributed by atoms with Crippen LogP contribution in [0, 0.1) is 38.8 Å². The van der Waals surface area contributed by atoms with Crippen LogP contribution in [0.4, 0.5) is 11.4 Å². The molecule has 0 aliphatic heterocycles. The van der Waals surface area contributed by atoms with Gasteiger partial charge in [0.05, 0.1) is 0 Å². The average Bonchev–Trinajstić information content (AvgIpc) is 3.63. The van der Waals surface area contributed by atoms with Gasteiger partial charge in [0.1, 0.15) is 0 Å². The summed E-state index contributed by atoms with van der Waals surface area (Å²) in [5.41, 5.74) is 3.37. The van der Waals surface area contributed by atoms with Crippen LogP contribution in [0.25, 0.3) is 30.0 Å². The molecule has 10 nitrogen and oxygen atoms in total. The van der Waals surface area contributed by atoms with Gasteiger partial charge in [-0.25, -0.2) is 0 Å². The molecule has 4 rings (SSSR count). The van der Waals surface area contributed by atoms with Crippen molar-refractivity contribution in [3.05, 3.63) is 79.5 Å². The predicted molar refractivity (Wildman–Crippen MR) is 189 cm³/mol. The number of phenols is 1. The summed E-state index contributed by atoms with van der Waals surface area (Å²) in [4.78, 5) is 38.4. The number of carbonyl (C=O) groups excluding carboxylic acids is 1. The number of ether oxygens (including phenoxy) is 2. The number of aromatic hydroxyl groups is 1. The molecule has 0 aliphatic carbocycles. The molecule has 0 radical (unpaired) electrons. The number of aromatic carboxylic acids is 1. The first kappa shape index (κ1) is 39.5. The van der Waals surface area contributed by atoms with Crippen molar-refractivity contribution in [3.63, 3.8) is 0 Å². The number of aryl methyl sites for hydroxylation is 2. The fourth-order valence-corrected chi connectivity index (χ4v) is 7.38. The number of nitrogens with zero attached hydrogens (tertiary/aromatic N) is 4. The number of hydrogen-bond donors (Lipinski definition) is 2. The van der Waals surface area contributed by atoms with Gasteiger partial charge in [-0.2, -0.15) is 0 Å². The van der Waals surface area contributed by atoms with Crippen LogP contribution in [0.1, 0.15) is 64.5 Å². The van der Waals surface area contributed by atoms with Crippen LogP contribution >= 0.6 is 15.9 Å². The number of halogens is 1. The van der Waals surface area contributed by atoms with Crippen LogP contribution in [-0.4, -0.2) is 79.7 Å². The van der Waals surface area contributed by atoms with Crippen LogP contribution < -0.4 is 4.74 Å². The van der Waals surface area contributed by atoms with Crippen LogP contribution in [-0.2, 0) is 4.74 Å². The van der Waals surface area contributed by atoms with E-state index < -0.39 is 5.97 Å². The number of carboxylic acids is 1. The maximum atomic E-state index is 11.8. The first-order valence-corrected chi connectivity index (χ1v) is 19.1. The van der Waals surface area contributed by atoms with E-state index in [1.807, 2.05) is 19.9 Å². The summed E-state index contributed by atoms with van der Waals surface area (Å²) in [7, 11) is 0. The predicted octanol–water partition coefficient (Wildman–Crippen LogP) is 7.98. The molecule has 0 saturated carbocycles. The van der Waals surface area contributed by atoms with Gasteiger partial charge in [0.25, 0.3) is 0 Å². The zero-order valence-corrected chi connectivity index (χ0v) is 32.3. The average molecular weight is 836 g/mol. The Hall–Kier alpha value is -3.70. The van der Waals surface area contributed by atoms with Crippen molar-refractivity contribution in [1.82, 2.24) is 9.97 Å².